The van der Waals surface area contributed by atoms with E-state index in [1.54, 1.807) is 18.5 Å². The van der Waals surface area contributed by atoms with Crippen molar-refractivity contribution in [2.24, 2.45) is 5.73 Å². The van der Waals surface area contributed by atoms with Gasteiger partial charge in [0.2, 0.25) is 17.5 Å². The molecule has 0 amide bonds. The number of rotatable bonds is 4. The number of nitrogens with zero attached hydrogens (tertiary/aromatic N) is 4. The average molecular weight is 233 g/mol. The summed E-state index contributed by atoms with van der Waals surface area (Å²) in [7, 11) is 0. The molecule has 2 rings (SSSR count). The Bertz CT molecular complexity index is 478. The highest BCUT2D eigenvalue weighted by molar-refractivity contribution is 5.40. The minimum absolute atomic E-state index is 0.373. The summed E-state index contributed by atoms with van der Waals surface area (Å²) in [5.74, 6) is 1.25. The fraction of sp³-hybridized carbons (Fsp3) is 0.455. The van der Waals surface area contributed by atoms with E-state index in [-0.39, 0.29) is 0 Å². The summed E-state index contributed by atoms with van der Waals surface area (Å²) in [4.78, 5) is 12.4. The standard InChI is InChI=1S/C11H15N5O/c1-3-11(12,4-2)10-15-9(16-17-10)8-13-6-5-7-14-8/h5-7H,3-4,12H2,1-2H3. The molecule has 0 atom stereocenters. The van der Waals surface area contributed by atoms with Crippen molar-refractivity contribution in [3.63, 3.8) is 0 Å². The molecule has 0 spiro atoms. The van der Waals surface area contributed by atoms with Crippen LogP contribution in [0.3, 0.4) is 0 Å². The van der Waals surface area contributed by atoms with Crippen LogP contribution in [0.2, 0.25) is 0 Å². The number of hydrogen-bond acceptors (Lipinski definition) is 6. The maximum absolute atomic E-state index is 6.17. The molecule has 2 aromatic rings. The van der Waals surface area contributed by atoms with Crippen molar-refractivity contribution in [1.82, 2.24) is 20.1 Å². The van der Waals surface area contributed by atoms with E-state index in [0.29, 0.717) is 17.5 Å². The van der Waals surface area contributed by atoms with Crippen LogP contribution in [0.5, 0.6) is 0 Å². The number of hydrogen-bond donors (Lipinski definition) is 1. The van der Waals surface area contributed by atoms with E-state index in [1.165, 1.54) is 0 Å². The molecule has 0 saturated carbocycles. The molecule has 17 heavy (non-hydrogen) atoms. The molecule has 6 heteroatoms. The van der Waals surface area contributed by atoms with Crippen molar-refractivity contribution in [2.45, 2.75) is 32.2 Å². The molecule has 2 aromatic heterocycles. The molecule has 0 unspecified atom stereocenters. The van der Waals surface area contributed by atoms with Crippen molar-refractivity contribution in [3.8, 4) is 11.6 Å². The Hall–Kier alpha value is -1.82. The van der Waals surface area contributed by atoms with Gasteiger partial charge in [0.15, 0.2) is 0 Å². The van der Waals surface area contributed by atoms with Crippen LogP contribution < -0.4 is 5.73 Å². The zero-order valence-corrected chi connectivity index (χ0v) is 9.92. The fourth-order valence-corrected chi connectivity index (χ4v) is 1.48. The average Bonchev–Trinajstić information content (AvgIpc) is 2.89. The first-order valence-corrected chi connectivity index (χ1v) is 5.60. The van der Waals surface area contributed by atoms with Crippen LogP contribution >= 0.6 is 0 Å². The Morgan fingerprint density at radius 3 is 2.41 bits per heavy atom. The van der Waals surface area contributed by atoms with E-state index in [1.807, 2.05) is 13.8 Å². The molecule has 0 bridgehead atoms. The number of nitrogens with two attached hydrogens (primary N) is 1. The van der Waals surface area contributed by atoms with Crippen molar-refractivity contribution in [3.05, 3.63) is 24.4 Å². The van der Waals surface area contributed by atoms with E-state index >= 15 is 0 Å². The molecule has 0 aliphatic rings. The van der Waals surface area contributed by atoms with Crippen LogP contribution in [-0.4, -0.2) is 20.1 Å². The molecule has 2 N–H and O–H groups in total. The van der Waals surface area contributed by atoms with Gasteiger partial charge in [0.1, 0.15) is 0 Å². The third-order valence-electron chi connectivity index (χ3n) is 2.88. The van der Waals surface area contributed by atoms with Gasteiger partial charge in [-0.1, -0.05) is 19.0 Å². The third-order valence-corrected chi connectivity index (χ3v) is 2.88. The summed E-state index contributed by atoms with van der Waals surface area (Å²) in [5.41, 5.74) is 5.60. The summed E-state index contributed by atoms with van der Waals surface area (Å²) < 4.78 is 5.20. The molecular formula is C11H15N5O. The van der Waals surface area contributed by atoms with Gasteiger partial charge in [-0.2, -0.15) is 4.98 Å². The lowest BCUT2D eigenvalue weighted by Crippen LogP contribution is -2.35. The second-order valence-electron chi connectivity index (χ2n) is 3.86. The molecule has 2 heterocycles. The van der Waals surface area contributed by atoms with E-state index in [9.17, 15) is 0 Å². The molecule has 0 aliphatic carbocycles. The van der Waals surface area contributed by atoms with Crippen molar-refractivity contribution in [2.75, 3.05) is 0 Å². The quantitative estimate of drug-likeness (QED) is 0.860. The highest BCUT2D eigenvalue weighted by Crippen LogP contribution is 2.25. The molecular weight excluding hydrogens is 218 g/mol. The predicted octanol–water partition coefficient (Wildman–Crippen LogP) is 1.50. The summed E-state index contributed by atoms with van der Waals surface area (Å²) in [6, 6.07) is 1.73. The number of aromatic nitrogens is 4. The zero-order valence-electron chi connectivity index (χ0n) is 9.92. The Kier molecular flexibility index (Phi) is 3.14. The Labute approximate surface area is 99.3 Å². The van der Waals surface area contributed by atoms with E-state index in [4.69, 9.17) is 10.3 Å². The third kappa shape index (κ3) is 2.16. The van der Waals surface area contributed by atoms with Gasteiger partial charge in [-0.15, -0.1) is 0 Å². The highest BCUT2D eigenvalue weighted by atomic mass is 16.5. The molecule has 0 saturated heterocycles. The monoisotopic (exact) mass is 233 g/mol. The summed E-state index contributed by atoms with van der Waals surface area (Å²) in [6.45, 7) is 3.98. The molecule has 0 radical (unpaired) electrons. The Morgan fingerprint density at radius 1 is 1.18 bits per heavy atom. The van der Waals surface area contributed by atoms with Gasteiger partial charge >= 0.3 is 0 Å². The maximum Gasteiger partial charge on any atom is 0.247 e. The molecule has 6 nitrogen and oxygen atoms in total. The topological polar surface area (TPSA) is 90.7 Å². The van der Waals surface area contributed by atoms with Crippen molar-refractivity contribution >= 4 is 0 Å². The molecule has 0 aromatic carbocycles. The lowest BCUT2D eigenvalue weighted by Gasteiger charge is -2.20. The summed E-state index contributed by atoms with van der Waals surface area (Å²) in [5, 5.41) is 3.86. The van der Waals surface area contributed by atoms with Crippen LogP contribution in [0.4, 0.5) is 0 Å². The maximum atomic E-state index is 6.17. The van der Waals surface area contributed by atoms with Crippen molar-refractivity contribution in [1.29, 1.82) is 0 Å². The minimum Gasteiger partial charge on any atom is -0.337 e. The van der Waals surface area contributed by atoms with Gasteiger partial charge in [-0.05, 0) is 18.9 Å². The van der Waals surface area contributed by atoms with Gasteiger partial charge < -0.3 is 10.3 Å². The van der Waals surface area contributed by atoms with Crippen LogP contribution in [0.1, 0.15) is 32.6 Å². The molecule has 0 aliphatic heterocycles. The molecule has 90 valence electrons. The van der Waals surface area contributed by atoms with E-state index < -0.39 is 5.54 Å². The highest BCUT2D eigenvalue weighted by Gasteiger charge is 2.30. The van der Waals surface area contributed by atoms with Crippen molar-refractivity contribution < 1.29 is 4.52 Å². The van der Waals surface area contributed by atoms with Gasteiger partial charge in [0.25, 0.3) is 0 Å². The second kappa shape index (κ2) is 4.58. The van der Waals surface area contributed by atoms with Crippen LogP contribution in [-0.2, 0) is 5.54 Å². The smallest absolute Gasteiger partial charge is 0.247 e. The lowest BCUT2D eigenvalue weighted by atomic mass is 9.94. The fourth-order valence-electron chi connectivity index (χ4n) is 1.48. The van der Waals surface area contributed by atoms with Gasteiger partial charge in [0.05, 0.1) is 5.54 Å². The minimum atomic E-state index is -0.569. The Morgan fingerprint density at radius 2 is 1.82 bits per heavy atom. The van der Waals surface area contributed by atoms with Crippen LogP contribution in [0.15, 0.2) is 23.0 Å². The SMILES string of the molecule is CCC(N)(CC)c1nc(-c2ncccn2)no1. The zero-order chi connectivity index (χ0) is 12.3. The first-order chi connectivity index (χ1) is 8.19. The van der Waals surface area contributed by atoms with Crippen LogP contribution in [0, 0.1) is 0 Å². The van der Waals surface area contributed by atoms with E-state index in [0.717, 1.165) is 12.8 Å². The van der Waals surface area contributed by atoms with Gasteiger partial charge in [0, 0.05) is 12.4 Å². The Balaban J connectivity index is 2.34. The largest absolute Gasteiger partial charge is 0.337 e. The van der Waals surface area contributed by atoms with Gasteiger partial charge in [-0.25, -0.2) is 9.97 Å². The normalized spacial score (nSPS) is 11.7. The first-order valence-electron chi connectivity index (χ1n) is 5.60. The molecule has 0 fully saturated rings. The van der Waals surface area contributed by atoms with E-state index in [2.05, 4.69) is 20.1 Å². The second-order valence-corrected chi connectivity index (χ2v) is 3.86. The summed E-state index contributed by atoms with van der Waals surface area (Å²) in [6.07, 6.45) is 4.74. The lowest BCUT2D eigenvalue weighted by molar-refractivity contribution is 0.268. The van der Waals surface area contributed by atoms with Crippen LogP contribution in [0.25, 0.3) is 11.6 Å². The first kappa shape index (κ1) is 11.7. The van der Waals surface area contributed by atoms with Gasteiger partial charge in [-0.3, -0.25) is 0 Å². The predicted molar refractivity (Wildman–Crippen MR) is 61.8 cm³/mol. The summed E-state index contributed by atoms with van der Waals surface area (Å²) >= 11 is 0.